The van der Waals surface area contributed by atoms with Gasteiger partial charge in [-0.3, -0.25) is 9.59 Å². The van der Waals surface area contributed by atoms with Gasteiger partial charge in [-0.2, -0.15) is 0 Å². The van der Waals surface area contributed by atoms with Crippen LogP contribution in [-0.2, 0) is 9.59 Å². The SMILES string of the molecule is CCCC(CCCN)C(=O)N1CCN(C(C)=O)CC1. The molecule has 0 aromatic carbocycles. The maximum absolute atomic E-state index is 12.5. The van der Waals surface area contributed by atoms with Crippen LogP contribution in [0.3, 0.4) is 0 Å². The first-order valence-corrected chi connectivity index (χ1v) is 7.34. The Kier molecular flexibility index (Phi) is 6.84. The van der Waals surface area contributed by atoms with Crippen LogP contribution in [-0.4, -0.2) is 54.3 Å². The molecule has 1 saturated heterocycles. The number of piperazine rings is 1. The molecule has 1 atom stereocenters. The third-order valence-electron chi connectivity index (χ3n) is 3.78. The van der Waals surface area contributed by atoms with E-state index >= 15 is 0 Å². The van der Waals surface area contributed by atoms with Gasteiger partial charge in [-0.1, -0.05) is 13.3 Å². The van der Waals surface area contributed by atoms with Crippen molar-refractivity contribution in [3.05, 3.63) is 0 Å². The molecule has 5 nitrogen and oxygen atoms in total. The van der Waals surface area contributed by atoms with Gasteiger partial charge in [0.15, 0.2) is 0 Å². The predicted molar refractivity (Wildman–Crippen MR) is 75.5 cm³/mol. The van der Waals surface area contributed by atoms with Gasteiger partial charge in [-0.05, 0) is 25.8 Å². The van der Waals surface area contributed by atoms with E-state index in [9.17, 15) is 9.59 Å². The van der Waals surface area contributed by atoms with Crippen LogP contribution >= 0.6 is 0 Å². The van der Waals surface area contributed by atoms with Crippen molar-refractivity contribution in [1.29, 1.82) is 0 Å². The summed E-state index contributed by atoms with van der Waals surface area (Å²) in [5.41, 5.74) is 5.53. The number of hydrogen-bond acceptors (Lipinski definition) is 3. The van der Waals surface area contributed by atoms with E-state index in [4.69, 9.17) is 5.73 Å². The van der Waals surface area contributed by atoms with Gasteiger partial charge in [-0.15, -0.1) is 0 Å². The third kappa shape index (κ3) is 4.82. The fraction of sp³-hybridized carbons (Fsp3) is 0.857. The summed E-state index contributed by atoms with van der Waals surface area (Å²) in [4.78, 5) is 27.4. The van der Waals surface area contributed by atoms with Crippen molar-refractivity contribution in [1.82, 2.24) is 9.80 Å². The van der Waals surface area contributed by atoms with Gasteiger partial charge in [-0.25, -0.2) is 0 Å². The molecule has 2 amide bonds. The smallest absolute Gasteiger partial charge is 0.225 e. The molecule has 0 bridgehead atoms. The van der Waals surface area contributed by atoms with Crippen molar-refractivity contribution in [2.24, 2.45) is 11.7 Å². The first-order chi connectivity index (χ1) is 9.10. The molecule has 0 radical (unpaired) electrons. The Morgan fingerprint density at radius 3 is 2.16 bits per heavy atom. The first-order valence-electron chi connectivity index (χ1n) is 7.34. The number of carbonyl (C=O) groups excluding carboxylic acids is 2. The predicted octanol–water partition coefficient (Wildman–Crippen LogP) is 0.832. The molecule has 0 aromatic heterocycles. The zero-order chi connectivity index (χ0) is 14.3. The summed E-state index contributed by atoms with van der Waals surface area (Å²) >= 11 is 0. The highest BCUT2D eigenvalue weighted by Gasteiger charge is 2.27. The summed E-state index contributed by atoms with van der Waals surface area (Å²) in [6, 6.07) is 0. The molecule has 2 N–H and O–H groups in total. The summed E-state index contributed by atoms with van der Waals surface area (Å²) in [5, 5.41) is 0. The summed E-state index contributed by atoms with van der Waals surface area (Å²) < 4.78 is 0. The van der Waals surface area contributed by atoms with Crippen LogP contribution in [0, 0.1) is 5.92 Å². The summed E-state index contributed by atoms with van der Waals surface area (Å²) in [5.74, 6) is 0.455. The molecule has 0 aliphatic carbocycles. The number of rotatable bonds is 6. The van der Waals surface area contributed by atoms with Crippen molar-refractivity contribution in [3.63, 3.8) is 0 Å². The minimum Gasteiger partial charge on any atom is -0.339 e. The second-order valence-electron chi connectivity index (χ2n) is 5.25. The Morgan fingerprint density at radius 2 is 1.68 bits per heavy atom. The molecule has 0 aromatic rings. The van der Waals surface area contributed by atoms with E-state index in [1.807, 2.05) is 4.90 Å². The van der Waals surface area contributed by atoms with Crippen molar-refractivity contribution in [2.45, 2.75) is 39.5 Å². The Bertz CT molecular complexity index is 299. The molecular formula is C14H27N3O2. The highest BCUT2D eigenvalue weighted by Crippen LogP contribution is 2.18. The van der Waals surface area contributed by atoms with Crippen molar-refractivity contribution >= 4 is 11.8 Å². The average Bonchev–Trinajstić information content (AvgIpc) is 2.42. The lowest BCUT2D eigenvalue weighted by Gasteiger charge is -2.36. The Balaban J connectivity index is 2.48. The normalized spacial score (nSPS) is 17.4. The molecule has 1 aliphatic rings. The van der Waals surface area contributed by atoms with Gasteiger partial charge < -0.3 is 15.5 Å². The van der Waals surface area contributed by atoms with Gasteiger partial charge in [0.2, 0.25) is 11.8 Å². The second-order valence-corrected chi connectivity index (χ2v) is 5.25. The maximum Gasteiger partial charge on any atom is 0.225 e. The van der Waals surface area contributed by atoms with Crippen LogP contribution in [0.25, 0.3) is 0 Å². The Labute approximate surface area is 116 Å². The fourth-order valence-electron chi connectivity index (χ4n) is 2.60. The zero-order valence-electron chi connectivity index (χ0n) is 12.2. The largest absolute Gasteiger partial charge is 0.339 e. The standard InChI is InChI=1S/C14H27N3O2/c1-3-5-13(6-4-7-15)14(19)17-10-8-16(9-11-17)12(2)18/h13H,3-11,15H2,1-2H3. The van der Waals surface area contributed by atoms with E-state index in [2.05, 4.69) is 6.92 Å². The topological polar surface area (TPSA) is 66.6 Å². The number of nitrogens with two attached hydrogens (primary N) is 1. The molecule has 110 valence electrons. The van der Waals surface area contributed by atoms with E-state index < -0.39 is 0 Å². The monoisotopic (exact) mass is 269 g/mol. The van der Waals surface area contributed by atoms with Crippen LogP contribution in [0.5, 0.6) is 0 Å². The van der Waals surface area contributed by atoms with Crippen molar-refractivity contribution in [2.75, 3.05) is 32.7 Å². The summed E-state index contributed by atoms with van der Waals surface area (Å²) in [6.45, 7) is 7.00. The lowest BCUT2D eigenvalue weighted by molar-refractivity contribution is -0.141. The molecule has 1 aliphatic heterocycles. The number of nitrogens with zero attached hydrogens (tertiary/aromatic N) is 2. The number of amides is 2. The highest BCUT2D eigenvalue weighted by atomic mass is 16.2. The summed E-state index contributed by atoms with van der Waals surface area (Å²) in [6.07, 6.45) is 3.75. The molecule has 1 fully saturated rings. The van der Waals surface area contributed by atoms with E-state index in [1.165, 1.54) is 0 Å². The zero-order valence-corrected chi connectivity index (χ0v) is 12.2. The third-order valence-corrected chi connectivity index (χ3v) is 3.78. The average molecular weight is 269 g/mol. The Morgan fingerprint density at radius 1 is 1.11 bits per heavy atom. The van der Waals surface area contributed by atoms with E-state index in [0.717, 1.165) is 25.7 Å². The van der Waals surface area contributed by atoms with Crippen molar-refractivity contribution in [3.8, 4) is 0 Å². The molecule has 19 heavy (non-hydrogen) atoms. The quantitative estimate of drug-likeness (QED) is 0.777. The first kappa shape index (κ1) is 16.0. The molecular weight excluding hydrogens is 242 g/mol. The van der Waals surface area contributed by atoms with Crippen molar-refractivity contribution < 1.29 is 9.59 Å². The molecule has 0 spiro atoms. The van der Waals surface area contributed by atoms with Gasteiger partial charge in [0.1, 0.15) is 0 Å². The lowest BCUT2D eigenvalue weighted by Crippen LogP contribution is -2.51. The highest BCUT2D eigenvalue weighted by molar-refractivity contribution is 5.79. The molecule has 1 rings (SSSR count). The fourth-order valence-corrected chi connectivity index (χ4v) is 2.60. The molecule has 1 heterocycles. The maximum atomic E-state index is 12.5. The van der Waals surface area contributed by atoms with Crippen LogP contribution in [0.1, 0.15) is 39.5 Å². The van der Waals surface area contributed by atoms with Crippen LogP contribution in [0.4, 0.5) is 0 Å². The van der Waals surface area contributed by atoms with E-state index in [0.29, 0.717) is 32.7 Å². The van der Waals surface area contributed by atoms with Gasteiger partial charge >= 0.3 is 0 Å². The van der Waals surface area contributed by atoms with E-state index in [1.54, 1.807) is 11.8 Å². The van der Waals surface area contributed by atoms with Gasteiger partial charge in [0.05, 0.1) is 0 Å². The van der Waals surface area contributed by atoms with Crippen LogP contribution in [0.2, 0.25) is 0 Å². The molecule has 0 saturated carbocycles. The number of hydrogen-bond donors (Lipinski definition) is 1. The minimum absolute atomic E-state index is 0.0975. The number of carbonyl (C=O) groups is 2. The molecule has 1 unspecified atom stereocenters. The van der Waals surface area contributed by atoms with Crippen LogP contribution < -0.4 is 5.73 Å². The summed E-state index contributed by atoms with van der Waals surface area (Å²) in [7, 11) is 0. The van der Waals surface area contributed by atoms with Gasteiger partial charge in [0, 0.05) is 39.0 Å². The Hall–Kier alpha value is -1.10. The van der Waals surface area contributed by atoms with Gasteiger partial charge in [0.25, 0.3) is 0 Å². The lowest BCUT2D eigenvalue weighted by atomic mass is 9.96. The second kappa shape index (κ2) is 8.15. The van der Waals surface area contributed by atoms with Crippen LogP contribution in [0.15, 0.2) is 0 Å². The molecule has 5 heteroatoms. The minimum atomic E-state index is 0.0975. The van der Waals surface area contributed by atoms with E-state index in [-0.39, 0.29) is 17.7 Å².